The van der Waals surface area contributed by atoms with E-state index in [9.17, 15) is 4.79 Å². The van der Waals surface area contributed by atoms with Crippen LogP contribution < -0.4 is 0 Å². The molecule has 24 heavy (non-hydrogen) atoms. The molecule has 0 saturated carbocycles. The number of hydrogen-bond acceptors (Lipinski definition) is 6. The third-order valence-corrected chi connectivity index (χ3v) is 4.81. The lowest BCUT2D eigenvalue weighted by atomic mass is 10.2. The summed E-state index contributed by atoms with van der Waals surface area (Å²) >= 11 is 1.63. The second-order valence-corrected chi connectivity index (χ2v) is 7.13. The van der Waals surface area contributed by atoms with Gasteiger partial charge in [-0.15, -0.1) is 11.3 Å². The normalized spacial score (nSPS) is 16.4. The summed E-state index contributed by atoms with van der Waals surface area (Å²) in [5, 5.41) is 5.99. The summed E-state index contributed by atoms with van der Waals surface area (Å²) in [5.74, 6) is 1.74. The van der Waals surface area contributed by atoms with Gasteiger partial charge in [0.25, 0.3) is 0 Å². The van der Waals surface area contributed by atoms with Crippen LogP contribution in [0.25, 0.3) is 6.08 Å². The average Bonchev–Trinajstić information content (AvgIpc) is 3.25. The quantitative estimate of drug-likeness (QED) is 0.779. The van der Waals surface area contributed by atoms with Crippen molar-refractivity contribution in [3.63, 3.8) is 0 Å². The Labute approximate surface area is 145 Å². The van der Waals surface area contributed by atoms with Crippen LogP contribution >= 0.6 is 11.3 Å². The summed E-state index contributed by atoms with van der Waals surface area (Å²) in [5.41, 5.74) is 0. The molecule has 1 aliphatic heterocycles. The van der Waals surface area contributed by atoms with E-state index in [2.05, 4.69) is 15.0 Å². The van der Waals surface area contributed by atoms with Crippen molar-refractivity contribution in [3.8, 4) is 0 Å². The molecule has 1 fully saturated rings. The Morgan fingerprint density at radius 1 is 1.38 bits per heavy atom. The van der Waals surface area contributed by atoms with Gasteiger partial charge in [0, 0.05) is 43.1 Å². The number of nitrogens with zero attached hydrogens (tertiary/aromatic N) is 4. The van der Waals surface area contributed by atoms with Crippen LogP contribution in [-0.2, 0) is 11.3 Å². The summed E-state index contributed by atoms with van der Waals surface area (Å²) in [6.45, 7) is 7.81. The Morgan fingerprint density at radius 2 is 2.17 bits per heavy atom. The van der Waals surface area contributed by atoms with E-state index in [0.717, 1.165) is 36.9 Å². The van der Waals surface area contributed by atoms with Crippen LogP contribution in [0.15, 0.2) is 28.1 Å². The van der Waals surface area contributed by atoms with Gasteiger partial charge in [-0.3, -0.25) is 9.69 Å². The predicted molar refractivity (Wildman–Crippen MR) is 93.6 cm³/mol. The Morgan fingerprint density at radius 3 is 2.79 bits per heavy atom. The van der Waals surface area contributed by atoms with Crippen molar-refractivity contribution in [1.82, 2.24) is 19.9 Å². The standard InChI is InChI=1S/C17H22N4O2S/c1-13(2)17-18-15(23-19-17)12-20-7-9-21(10-8-20)16(22)6-5-14-4-3-11-24-14/h3-6,11,13H,7-10,12H2,1-2H3/b6-5+. The van der Waals surface area contributed by atoms with Crippen molar-refractivity contribution in [2.24, 2.45) is 0 Å². The lowest BCUT2D eigenvalue weighted by Gasteiger charge is -2.33. The number of carbonyl (C=O) groups is 1. The van der Waals surface area contributed by atoms with Gasteiger partial charge in [0.2, 0.25) is 11.8 Å². The smallest absolute Gasteiger partial charge is 0.246 e. The molecule has 2 aromatic heterocycles. The molecular formula is C17H22N4O2S. The number of piperazine rings is 1. The maximum atomic E-state index is 12.2. The van der Waals surface area contributed by atoms with E-state index in [1.165, 1.54) is 0 Å². The van der Waals surface area contributed by atoms with Gasteiger partial charge in [0.05, 0.1) is 6.54 Å². The SMILES string of the molecule is CC(C)c1noc(CN2CCN(C(=O)/C=C/c3cccs3)CC2)n1. The van der Waals surface area contributed by atoms with Gasteiger partial charge in [-0.1, -0.05) is 25.1 Å². The molecule has 0 unspecified atom stereocenters. The van der Waals surface area contributed by atoms with Crippen molar-refractivity contribution in [1.29, 1.82) is 0 Å². The highest BCUT2D eigenvalue weighted by molar-refractivity contribution is 7.10. The molecule has 1 aliphatic rings. The number of aromatic nitrogens is 2. The highest BCUT2D eigenvalue weighted by atomic mass is 32.1. The van der Waals surface area contributed by atoms with Crippen LogP contribution in [0.3, 0.4) is 0 Å². The van der Waals surface area contributed by atoms with E-state index in [0.29, 0.717) is 12.4 Å². The van der Waals surface area contributed by atoms with Crippen LogP contribution in [0.1, 0.15) is 36.4 Å². The third-order valence-electron chi connectivity index (χ3n) is 3.98. The zero-order valence-electron chi connectivity index (χ0n) is 14.0. The first kappa shape index (κ1) is 16.9. The fraction of sp³-hybridized carbons (Fsp3) is 0.471. The largest absolute Gasteiger partial charge is 0.338 e. The van der Waals surface area contributed by atoms with Crippen molar-refractivity contribution < 1.29 is 9.32 Å². The van der Waals surface area contributed by atoms with Gasteiger partial charge in [-0.05, 0) is 17.5 Å². The predicted octanol–water partition coefficient (Wildman–Crippen LogP) is 2.61. The molecule has 0 spiro atoms. The molecule has 6 nitrogen and oxygen atoms in total. The monoisotopic (exact) mass is 346 g/mol. The minimum absolute atomic E-state index is 0.0722. The van der Waals surface area contributed by atoms with Crippen molar-refractivity contribution in [2.45, 2.75) is 26.3 Å². The van der Waals surface area contributed by atoms with Crippen LogP contribution in [0.4, 0.5) is 0 Å². The molecule has 1 saturated heterocycles. The molecule has 0 bridgehead atoms. The maximum Gasteiger partial charge on any atom is 0.246 e. The molecule has 3 heterocycles. The van der Waals surface area contributed by atoms with Crippen LogP contribution in [0.5, 0.6) is 0 Å². The summed E-state index contributed by atoms with van der Waals surface area (Å²) in [4.78, 5) is 21.8. The number of rotatable bonds is 5. The molecule has 0 N–H and O–H groups in total. The summed E-state index contributed by atoms with van der Waals surface area (Å²) in [6.07, 6.45) is 3.54. The lowest BCUT2D eigenvalue weighted by molar-refractivity contribution is -0.127. The first-order chi connectivity index (χ1) is 11.6. The number of thiophene rings is 1. The van der Waals surface area contributed by atoms with Crippen molar-refractivity contribution in [3.05, 3.63) is 40.2 Å². The number of carbonyl (C=O) groups excluding carboxylic acids is 1. The average molecular weight is 346 g/mol. The Kier molecular flexibility index (Phi) is 5.42. The van der Waals surface area contributed by atoms with Gasteiger partial charge in [-0.2, -0.15) is 4.98 Å². The van der Waals surface area contributed by atoms with Gasteiger partial charge < -0.3 is 9.42 Å². The first-order valence-corrected chi connectivity index (χ1v) is 9.05. The molecular weight excluding hydrogens is 324 g/mol. The lowest BCUT2D eigenvalue weighted by Crippen LogP contribution is -2.47. The highest BCUT2D eigenvalue weighted by Gasteiger charge is 2.21. The van der Waals surface area contributed by atoms with E-state index in [1.807, 2.05) is 42.3 Å². The Hall–Kier alpha value is -1.99. The highest BCUT2D eigenvalue weighted by Crippen LogP contribution is 2.13. The zero-order valence-corrected chi connectivity index (χ0v) is 14.8. The fourth-order valence-corrected chi connectivity index (χ4v) is 3.15. The maximum absolute atomic E-state index is 12.2. The van der Waals surface area contributed by atoms with E-state index in [1.54, 1.807) is 17.4 Å². The van der Waals surface area contributed by atoms with Gasteiger partial charge in [-0.25, -0.2) is 0 Å². The molecule has 0 aromatic carbocycles. The zero-order chi connectivity index (χ0) is 16.9. The second-order valence-electron chi connectivity index (χ2n) is 6.15. The van der Waals surface area contributed by atoms with E-state index in [4.69, 9.17) is 4.52 Å². The first-order valence-electron chi connectivity index (χ1n) is 8.17. The van der Waals surface area contributed by atoms with E-state index < -0.39 is 0 Å². The van der Waals surface area contributed by atoms with E-state index in [-0.39, 0.29) is 11.8 Å². The van der Waals surface area contributed by atoms with Gasteiger partial charge in [0.15, 0.2) is 5.82 Å². The fourth-order valence-electron chi connectivity index (χ4n) is 2.53. The molecule has 7 heteroatoms. The molecule has 128 valence electrons. The summed E-state index contributed by atoms with van der Waals surface area (Å²) in [7, 11) is 0. The molecule has 0 radical (unpaired) electrons. The van der Waals surface area contributed by atoms with Crippen molar-refractivity contribution >= 4 is 23.3 Å². The Bertz CT molecular complexity index is 685. The van der Waals surface area contributed by atoms with Gasteiger partial charge in [0.1, 0.15) is 0 Å². The summed E-state index contributed by atoms with van der Waals surface area (Å²) < 4.78 is 5.29. The minimum Gasteiger partial charge on any atom is -0.338 e. The molecule has 0 atom stereocenters. The molecule has 0 aliphatic carbocycles. The summed E-state index contributed by atoms with van der Waals surface area (Å²) in [6, 6.07) is 3.98. The topological polar surface area (TPSA) is 62.5 Å². The van der Waals surface area contributed by atoms with Gasteiger partial charge >= 0.3 is 0 Å². The third kappa shape index (κ3) is 4.30. The van der Waals surface area contributed by atoms with Crippen LogP contribution in [0.2, 0.25) is 0 Å². The Balaban J connectivity index is 1.47. The second kappa shape index (κ2) is 7.72. The van der Waals surface area contributed by atoms with Crippen molar-refractivity contribution in [2.75, 3.05) is 26.2 Å². The molecule has 1 amide bonds. The van der Waals surface area contributed by atoms with Crippen LogP contribution in [-0.4, -0.2) is 52.0 Å². The number of hydrogen-bond donors (Lipinski definition) is 0. The van der Waals surface area contributed by atoms with Crippen LogP contribution in [0, 0.1) is 0 Å². The molecule has 2 aromatic rings. The number of amides is 1. The minimum atomic E-state index is 0.0722. The molecule has 3 rings (SSSR count). The van der Waals surface area contributed by atoms with E-state index >= 15 is 0 Å².